The Bertz CT molecular complexity index is 190. The van der Waals surface area contributed by atoms with Crippen molar-refractivity contribution in [3.8, 4) is 0 Å². The minimum atomic E-state index is 0.0868. The van der Waals surface area contributed by atoms with Crippen molar-refractivity contribution in [1.29, 1.82) is 0 Å². The van der Waals surface area contributed by atoms with Gasteiger partial charge in [-0.15, -0.1) is 11.3 Å². The van der Waals surface area contributed by atoms with Crippen LogP contribution < -0.4 is 0 Å². The van der Waals surface area contributed by atoms with Gasteiger partial charge < -0.3 is 0 Å². The molecule has 9 heavy (non-hydrogen) atoms. The summed E-state index contributed by atoms with van der Waals surface area (Å²) in [6.45, 7) is 2.08. The zero-order chi connectivity index (χ0) is 6.85. The molecule has 50 valence electrons. The van der Waals surface area contributed by atoms with Crippen LogP contribution in [0.1, 0.15) is 14.3 Å². The summed E-state index contributed by atoms with van der Waals surface area (Å²) < 4.78 is 0.0868. The minimum Gasteiger partial charge on any atom is -0.160 e. The van der Waals surface area contributed by atoms with Crippen LogP contribution in [0.2, 0.25) is 0 Å². The fourth-order valence-corrected chi connectivity index (χ4v) is 1.83. The lowest BCUT2D eigenvalue weighted by molar-refractivity contribution is 1.53. The Balaban J connectivity index is 2.85. The van der Waals surface area contributed by atoms with Gasteiger partial charge in [0.15, 0.2) is 0 Å². The first kappa shape index (κ1) is 7.51. The summed E-state index contributed by atoms with van der Waals surface area (Å²) in [7, 11) is 0. The van der Waals surface area contributed by atoms with Crippen molar-refractivity contribution >= 4 is 36.6 Å². The van der Waals surface area contributed by atoms with E-state index in [1.54, 1.807) is 11.3 Å². The summed E-state index contributed by atoms with van der Waals surface area (Å²) in [6.07, 6.45) is 0. The fraction of sp³-hybridized carbons (Fsp3) is 0.333. The molecule has 1 aromatic rings. The normalized spacial score (nSPS) is 10.7. The average molecular weight is 176 g/mol. The highest BCUT2D eigenvalue weighted by atomic mass is 32.2. The Kier molecular flexibility index (Phi) is 2.50. The van der Waals surface area contributed by atoms with Gasteiger partial charge in [-0.05, 0) is 19.1 Å². The third kappa shape index (κ3) is 1.92. The first-order valence-electron chi connectivity index (χ1n) is 2.62. The van der Waals surface area contributed by atoms with Gasteiger partial charge in [0.1, 0.15) is 0 Å². The fourth-order valence-electron chi connectivity index (χ4n) is 0.592. The van der Waals surface area contributed by atoms with Crippen LogP contribution in [-0.2, 0) is 0 Å². The molecule has 0 aliphatic carbocycles. The second-order valence-electron chi connectivity index (χ2n) is 1.82. The first-order chi connectivity index (χ1) is 4.20. The highest BCUT2D eigenvalue weighted by molar-refractivity contribution is 7.98. The molecule has 1 aromatic heterocycles. The molecular weight excluding hydrogens is 168 g/mol. The van der Waals surface area contributed by atoms with E-state index in [1.165, 1.54) is 9.75 Å². The largest absolute Gasteiger partial charge is 0.160 e. The Morgan fingerprint density at radius 3 is 2.33 bits per heavy atom. The van der Waals surface area contributed by atoms with E-state index in [-0.39, 0.29) is 4.58 Å². The monoisotopic (exact) mass is 176 g/mol. The Morgan fingerprint density at radius 2 is 2.11 bits per heavy atom. The molecule has 0 amide bonds. The van der Waals surface area contributed by atoms with Crippen LogP contribution in [0.15, 0.2) is 12.1 Å². The smallest absolute Gasteiger partial charge is 0.0784 e. The number of aryl methyl sites for hydroxylation is 1. The first-order valence-corrected chi connectivity index (χ1v) is 4.47. The maximum absolute atomic E-state index is 4.18. The molecular formula is C6H8S3. The van der Waals surface area contributed by atoms with Crippen molar-refractivity contribution in [1.82, 2.24) is 0 Å². The topological polar surface area (TPSA) is 0 Å². The summed E-state index contributed by atoms with van der Waals surface area (Å²) in [6, 6.07) is 4.14. The van der Waals surface area contributed by atoms with Crippen molar-refractivity contribution in [2.75, 3.05) is 0 Å². The SMILES string of the molecule is Cc1ccc(C(S)S)s1. The number of thiophene rings is 1. The molecule has 0 N–H and O–H groups in total. The van der Waals surface area contributed by atoms with E-state index in [9.17, 15) is 0 Å². The lowest BCUT2D eigenvalue weighted by atomic mass is 10.5. The molecule has 0 fully saturated rings. The van der Waals surface area contributed by atoms with E-state index in [0.29, 0.717) is 0 Å². The molecule has 0 bridgehead atoms. The lowest BCUT2D eigenvalue weighted by Crippen LogP contribution is -1.68. The number of hydrogen-bond acceptors (Lipinski definition) is 3. The van der Waals surface area contributed by atoms with E-state index < -0.39 is 0 Å². The summed E-state index contributed by atoms with van der Waals surface area (Å²) in [4.78, 5) is 2.54. The number of hydrogen-bond donors (Lipinski definition) is 2. The van der Waals surface area contributed by atoms with E-state index in [4.69, 9.17) is 0 Å². The maximum Gasteiger partial charge on any atom is 0.0784 e. The molecule has 1 rings (SSSR count). The standard InChI is InChI=1S/C6H8S3/c1-4-2-3-5(9-4)6(7)8/h2-3,6-8H,1H3. The molecule has 1 heterocycles. The number of thiol groups is 2. The molecule has 0 atom stereocenters. The van der Waals surface area contributed by atoms with Gasteiger partial charge in [0.05, 0.1) is 4.58 Å². The maximum atomic E-state index is 4.18. The predicted molar refractivity (Wildman–Crippen MR) is 49.8 cm³/mol. The second-order valence-corrected chi connectivity index (χ2v) is 4.58. The Hall–Kier alpha value is 0.400. The van der Waals surface area contributed by atoms with Gasteiger partial charge in [-0.2, -0.15) is 25.3 Å². The molecule has 3 heteroatoms. The van der Waals surface area contributed by atoms with Crippen molar-refractivity contribution in [2.45, 2.75) is 11.5 Å². The van der Waals surface area contributed by atoms with Gasteiger partial charge in [-0.3, -0.25) is 0 Å². The molecule has 0 nitrogen and oxygen atoms in total. The Labute approximate surface area is 70.1 Å². The highest BCUT2D eigenvalue weighted by Gasteiger charge is 2.00. The van der Waals surface area contributed by atoms with Crippen molar-refractivity contribution < 1.29 is 0 Å². The van der Waals surface area contributed by atoms with Crippen LogP contribution >= 0.6 is 36.6 Å². The summed E-state index contributed by atoms with van der Waals surface area (Å²) in [5.41, 5.74) is 0. The predicted octanol–water partition coefficient (Wildman–Crippen LogP) is 2.91. The van der Waals surface area contributed by atoms with E-state index in [1.807, 2.05) is 0 Å². The van der Waals surface area contributed by atoms with Gasteiger partial charge in [0, 0.05) is 9.75 Å². The summed E-state index contributed by atoms with van der Waals surface area (Å²) in [5, 5.41) is 0. The third-order valence-electron chi connectivity index (χ3n) is 1.02. The quantitative estimate of drug-likeness (QED) is 0.477. The Morgan fingerprint density at radius 1 is 1.44 bits per heavy atom. The summed E-state index contributed by atoms with van der Waals surface area (Å²) in [5.74, 6) is 0. The molecule has 0 saturated carbocycles. The van der Waals surface area contributed by atoms with Gasteiger partial charge in [0.25, 0.3) is 0 Å². The zero-order valence-electron chi connectivity index (χ0n) is 5.03. The van der Waals surface area contributed by atoms with Crippen molar-refractivity contribution in [2.24, 2.45) is 0 Å². The number of rotatable bonds is 1. The minimum absolute atomic E-state index is 0.0868. The van der Waals surface area contributed by atoms with Gasteiger partial charge >= 0.3 is 0 Å². The van der Waals surface area contributed by atoms with E-state index in [2.05, 4.69) is 44.3 Å². The molecule has 0 spiro atoms. The van der Waals surface area contributed by atoms with Gasteiger partial charge in [-0.1, -0.05) is 0 Å². The second kappa shape index (κ2) is 2.99. The van der Waals surface area contributed by atoms with E-state index >= 15 is 0 Å². The van der Waals surface area contributed by atoms with Crippen LogP contribution in [0.5, 0.6) is 0 Å². The molecule has 0 saturated heterocycles. The zero-order valence-corrected chi connectivity index (χ0v) is 7.64. The van der Waals surface area contributed by atoms with Crippen molar-refractivity contribution in [3.63, 3.8) is 0 Å². The van der Waals surface area contributed by atoms with Gasteiger partial charge in [0.2, 0.25) is 0 Å². The lowest BCUT2D eigenvalue weighted by Gasteiger charge is -1.94. The third-order valence-corrected chi connectivity index (χ3v) is 2.99. The van der Waals surface area contributed by atoms with E-state index in [0.717, 1.165) is 0 Å². The van der Waals surface area contributed by atoms with Crippen molar-refractivity contribution in [3.05, 3.63) is 21.9 Å². The summed E-state index contributed by atoms with van der Waals surface area (Å²) >= 11 is 10.1. The van der Waals surface area contributed by atoms with Crippen LogP contribution in [0.25, 0.3) is 0 Å². The van der Waals surface area contributed by atoms with Crippen LogP contribution in [0.4, 0.5) is 0 Å². The van der Waals surface area contributed by atoms with Crippen LogP contribution in [-0.4, -0.2) is 0 Å². The molecule has 0 aromatic carbocycles. The molecule has 0 aliphatic rings. The molecule has 0 radical (unpaired) electrons. The molecule has 0 unspecified atom stereocenters. The average Bonchev–Trinajstić information content (AvgIpc) is 2.14. The van der Waals surface area contributed by atoms with Gasteiger partial charge in [-0.25, -0.2) is 0 Å². The van der Waals surface area contributed by atoms with Crippen LogP contribution in [0.3, 0.4) is 0 Å². The van der Waals surface area contributed by atoms with Crippen LogP contribution in [0, 0.1) is 6.92 Å². The highest BCUT2D eigenvalue weighted by Crippen LogP contribution is 2.29. The molecule has 0 aliphatic heterocycles.